The van der Waals surface area contributed by atoms with Crippen LogP contribution in [0.5, 0.6) is 0 Å². The number of H-pyrrole nitrogens is 1. The van der Waals surface area contributed by atoms with Crippen molar-refractivity contribution in [3.63, 3.8) is 0 Å². The number of rotatable bonds is 7. The van der Waals surface area contributed by atoms with Crippen LogP contribution in [0.15, 0.2) is 24.3 Å². The Morgan fingerprint density at radius 3 is 2.65 bits per heavy atom. The van der Waals surface area contributed by atoms with Crippen molar-refractivity contribution in [2.24, 2.45) is 0 Å². The van der Waals surface area contributed by atoms with E-state index in [1.807, 2.05) is 31.2 Å². The summed E-state index contributed by atoms with van der Waals surface area (Å²) in [5.74, 6) is -0.181. The van der Waals surface area contributed by atoms with Crippen molar-refractivity contribution in [2.75, 3.05) is 26.3 Å². The number of unbranched alkanes of at least 4 members (excludes halogenated alkanes) is 1. The van der Waals surface area contributed by atoms with Gasteiger partial charge in [-0.1, -0.05) is 31.5 Å². The number of para-hydroxylation sites is 1. The summed E-state index contributed by atoms with van der Waals surface area (Å²) >= 11 is 0. The molecule has 1 aromatic heterocycles. The van der Waals surface area contributed by atoms with Gasteiger partial charge in [0.2, 0.25) is 5.91 Å². The number of aromatic nitrogens is 1. The molecule has 2 heterocycles. The van der Waals surface area contributed by atoms with Gasteiger partial charge in [-0.3, -0.25) is 14.6 Å². The molecule has 1 aliphatic rings. The maximum absolute atomic E-state index is 12.9. The Kier molecular flexibility index (Phi) is 5.93. The number of aryl methyl sites for hydroxylation is 1. The fraction of sp³-hybridized carbons (Fsp3) is 0.500. The van der Waals surface area contributed by atoms with E-state index < -0.39 is 0 Å². The van der Waals surface area contributed by atoms with Crippen molar-refractivity contribution in [3.8, 4) is 0 Å². The average Bonchev–Trinajstić information content (AvgIpc) is 3.24. The van der Waals surface area contributed by atoms with E-state index in [-0.39, 0.29) is 24.8 Å². The van der Waals surface area contributed by atoms with Crippen LogP contribution in [0.25, 0.3) is 10.9 Å². The Bertz CT molecular complexity index is 784. The van der Waals surface area contributed by atoms with E-state index in [9.17, 15) is 9.59 Å². The molecule has 1 N–H and O–H groups in total. The van der Waals surface area contributed by atoms with E-state index in [1.54, 1.807) is 10.0 Å². The lowest BCUT2D eigenvalue weighted by Crippen LogP contribution is -2.46. The van der Waals surface area contributed by atoms with E-state index in [0.717, 1.165) is 41.4 Å². The highest BCUT2D eigenvalue weighted by molar-refractivity contribution is 5.91. The number of benzene rings is 1. The summed E-state index contributed by atoms with van der Waals surface area (Å²) in [5, 5.41) is 4.21. The first-order valence-corrected chi connectivity index (χ1v) is 9.36. The summed E-state index contributed by atoms with van der Waals surface area (Å²) in [6.45, 7) is 5.85. The molecule has 1 fully saturated rings. The molecule has 1 aromatic carbocycles. The van der Waals surface area contributed by atoms with Gasteiger partial charge < -0.3 is 9.72 Å². The van der Waals surface area contributed by atoms with E-state index in [1.165, 1.54) is 0 Å². The summed E-state index contributed by atoms with van der Waals surface area (Å²) in [6.07, 6.45) is 3.07. The number of carbonyl (C=O) groups excluding carboxylic acids is 2. The number of hydrazine groups is 1. The fourth-order valence-electron chi connectivity index (χ4n) is 3.42. The zero-order chi connectivity index (χ0) is 18.5. The van der Waals surface area contributed by atoms with Gasteiger partial charge >= 0.3 is 0 Å². The number of aromatic amines is 1. The minimum absolute atomic E-state index is 0.0376. The lowest BCUT2D eigenvalue weighted by Gasteiger charge is -2.28. The van der Waals surface area contributed by atoms with Crippen molar-refractivity contribution in [3.05, 3.63) is 35.5 Å². The van der Waals surface area contributed by atoms with Crippen LogP contribution in [0.4, 0.5) is 0 Å². The maximum atomic E-state index is 12.9. The second-order valence-corrected chi connectivity index (χ2v) is 6.74. The predicted octanol–water partition coefficient (Wildman–Crippen LogP) is 2.81. The standard InChI is InChI=1S/C20H27N3O3/c1-3-4-12-26-14-20(25)23-11-7-10-22(23)19(24)13-17-15(2)21-18-9-6-5-8-16(17)18/h5-6,8-9,21H,3-4,7,10-14H2,1-2H3. The molecule has 1 aliphatic heterocycles. The SMILES string of the molecule is CCCCOCC(=O)N1CCCN1C(=O)Cc1c(C)[nH]c2ccccc12. The summed E-state index contributed by atoms with van der Waals surface area (Å²) < 4.78 is 5.42. The number of fused-ring (bicyclic) bond motifs is 1. The molecule has 26 heavy (non-hydrogen) atoms. The molecule has 0 aliphatic carbocycles. The summed E-state index contributed by atoms with van der Waals surface area (Å²) in [4.78, 5) is 28.6. The fourth-order valence-corrected chi connectivity index (χ4v) is 3.42. The Morgan fingerprint density at radius 1 is 1.15 bits per heavy atom. The van der Waals surface area contributed by atoms with Crippen LogP contribution < -0.4 is 0 Å². The molecule has 0 unspecified atom stereocenters. The zero-order valence-corrected chi connectivity index (χ0v) is 15.6. The highest BCUT2D eigenvalue weighted by Gasteiger charge is 2.31. The molecule has 0 bridgehead atoms. The second-order valence-electron chi connectivity index (χ2n) is 6.74. The normalized spacial score (nSPS) is 14.4. The van der Waals surface area contributed by atoms with Gasteiger partial charge in [0.05, 0.1) is 6.42 Å². The van der Waals surface area contributed by atoms with Crippen LogP contribution in [0.3, 0.4) is 0 Å². The number of nitrogens with zero attached hydrogens (tertiary/aromatic N) is 2. The first-order valence-electron chi connectivity index (χ1n) is 9.36. The Morgan fingerprint density at radius 2 is 1.88 bits per heavy atom. The Labute approximate surface area is 154 Å². The van der Waals surface area contributed by atoms with E-state index >= 15 is 0 Å². The summed E-state index contributed by atoms with van der Waals surface area (Å²) in [5.41, 5.74) is 3.04. The van der Waals surface area contributed by atoms with Crippen molar-refractivity contribution < 1.29 is 14.3 Å². The van der Waals surface area contributed by atoms with Crippen molar-refractivity contribution in [1.29, 1.82) is 0 Å². The molecule has 1 saturated heterocycles. The lowest BCUT2D eigenvalue weighted by molar-refractivity contribution is -0.160. The van der Waals surface area contributed by atoms with E-state index in [2.05, 4.69) is 11.9 Å². The van der Waals surface area contributed by atoms with Crippen molar-refractivity contribution in [2.45, 2.75) is 39.5 Å². The molecule has 0 atom stereocenters. The topological polar surface area (TPSA) is 65.6 Å². The second kappa shape index (κ2) is 8.36. The van der Waals surface area contributed by atoms with Crippen molar-refractivity contribution in [1.82, 2.24) is 15.0 Å². The van der Waals surface area contributed by atoms with E-state index in [0.29, 0.717) is 19.7 Å². The molecule has 2 aromatic rings. The molecule has 140 valence electrons. The number of nitrogens with one attached hydrogen (secondary N) is 1. The number of ether oxygens (including phenoxy) is 1. The van der Waals surface area contributed by atoms with Crippen LogP contribution in [0.2, 0.25) is 0 Å². The van der Waals surface area contributed by atoms with Crippen LogP contribution in [0.1, 0.15) is 37.4 Å². The van der Waals surface area contributed by atoms with Gasteiger partial charge in [0.1, 0.15) is 6.61 Å². The molecular weight excluding hydrogens is 330 g/mol. The van der Waals surface area contributed by atoms with E-state index in [4.69, 9.17) is 4.74 Å². The van der Waals surface area contributed by atoms with Crippen LogP contribution in [0, 0.1) is 6.92 Å². The average molecular weight is 357 g/mol. The monoisotopic (exact) mass is 357 g/mol. The molecule has 0 saturated carbocycles. The van der Waals surface area contributed by atoms with Gasteiger partial charge in [0.15, 0.2) is 0 Å². The third-order valence-corrected chi connectivity index (χ3v) is 4.83. The van der Waals surface area contributed by atoms with Gasteiger partial charge in [0.25, 0.3) is 5.91 Å². The van der Waals surface area contributed by atoms with Gasteiger partial charge in [-0.25, -0.2) is 5.01 Å². The largest absolute Gasteiger partial charge is 0.372 e. The molecule has 0 radical (unpaired) electrons. The number of hydrogen-bond acceptors (Lipinski definition) is 3. The van der Waals surface area contributed by atoms with Crippen molar-refractivity contribution >= 4 is 22.7 Å². The highest BCUT2D eigenvalue weighted by atomic mass is 16.5. The third kappa shape index (κ3) is 3.90. The third-order valence-electron chi connectivity index (χ3n) is 4.83. The summed E-state index contributed by atoms with van der Waals surface area (Å²) in [7, 11) is 0. The minimum Gasteiger partial charge on any atom is -0.372 e. The predicted molar refractivity (Wildman–Crippen MR) is 101 cm³/mol. The number of hydrogen-bond donors (Lipinski definition) is 1. The Balaban J connectivity index is 1.66. The van der Waals surface area contributed by atoms with Gasteiger partial charge in [-0.05, 0) is 31.4 Å². The Hall–Kier alpha value is -2.34. The quantitative estimate of drug-likeness (QED) is 0.775. The minimum atomic E-state index is -0.136. The van der Waals surface area contributed by atoms with Gasteiger partial charge in [0, 0.05) is 36.3 Å². The van der Waals surface area contributed by atoms with Crippen LogP contribution in [-0.2, 0) is 20.7 Å². The molecule has 3 rings (SSSR count). The molecule has 0 spiro atoms. The molecule has 2 amide bonds. The van der Waals surface area contributed by atoms with Crippen LogP contribution >= 0.6 is 0 Å². The zero-order valence-electron chi connectivity index (χ0n) is 15.6. The number of carbonyl (C=O) groups is 2. The number of amides is 2. The molecular formula is C20H27N3O3. The lowest BCUT2D eigenvalue weighted by atomic mass is 10.1. The van der Waals surface area contributed by atoms with Crippen LogP contribution in [-0.4, -0.2) is 53.1 Å². The first-order chi connectivity index (χ1) is 12.6. The first kappa shape index (κ1) is 18.5. The highest BCUT2D eigenvalue weighted by Crippen LogP contribution is 2.24. The smallest absolute Gasteiger partial charge is 0.267 e. The molecule has 6 heteroatoms. The molecule has 6 nitrogen and oxygen atoms in total. The van der Waals surface area contributed by atoms with Gasteiger partial charge in [-0.15, -0.1) is 0 Å². The maximum Gasteiger partial charge on any atom is 0.267 e. The van der Waals surface area contributed by atoms with Gasteiger partial charge in [-0.2, -0.15) is 0 Å². The summed E-state index contributed by atoms with van der Waals surface area (Å²) in [6, 6.07) is 7.98.